The van der Waals surface area contributed by atoms with E-state index in [9.17, 15) is 9.59 Å². The van der Waals surface area contributed by atoms with Gasteiger partial charge in [0.25, 0.3) is 0 Å². The normalized spacial score (nSPS) is 18.9. The lowest BCUT2D eigenvalue weighted by Gasteiger charge is -2.15. The van der Waals surface area contributed by atoms with Gasteiger partial charge in [0.2, 0.25) is 11.8 Å². The first-order valence-corrected chi connectivity index (χ1v) is 9.71. The summed E-state index contributed by atoms with van der Waals surface area (Å²) >= 11 is 6.10. The Morgan fingerprint density at radius 2 is 1.89 bits per heavy atom. The van der Waals surface area contributed by atoms with Crippen molar-refractivity contribution >= 4 is 29.1 Å². The van der Waals surface area contributed by atoms with Crippen LogP contribution in [0.3, 0.4) is 0 Å². The predicted molar refractivity (Wildman–Crippen MR) is 109 cm³/mol. The van der Waals surface area contributed by atoms with E-state index in [-0.39, 0.29) is 23.8 Å². The largest absolute Gasteiger partial charge is 0.353 e. The second-order valence-electron chi connectivity index (χ2n) is 7.35. The molecule has 5 heteroatoms. The van der Waals surface area contributed by atoms with E-state index in [0.29, 0.717) is 23.6 Å². The Bertz CT molecular complexity index is 850. The van der Waals surface area contributed by atoms with Crippen molar-refractivity contribution in [1.82, 2.24) is 5.32 Å². The minimum absolute atomic E-state index is 0.0147. The quantitative estimate of drug-likeness (QED) is 0.801. The van der Waals surface area contributed by atoms with Crippen LogP contribution in [0.15, 0.2) is 42.5 Å². The van der Waals surface area contributed by atoms with Gasteiger partial charge >= 0.3 is 0 Å². The Labute approximate surface area is 165 Å². The summed E-state index contributed by atoms with van der Waals surface area (Å²) in [6.45, 7) is 4.05. The number of carbonyl (C=O) groups is 2. The molecule has 2 aromatic rings. The van der Waals surface area contributed by atoms with Crippen molar-refractivity contribution in [3.05, 3.63) is 64.2 Å². The maximum absolute atomic E-state index is 12.5. The number of hydrogen-bond donors (Lipinski definition) is 2. The van der Waals surface area contributed by atoms with E-state index in [1.165, 1.54) is 0 Å². The van der Waals surface area contributed by atoms with Crippen LogP contribution in [-0.2, 0) is 16.0 Å². The fourth-order valence-electron chi connectivity index (χ4n) is 3.59. The average Bonchev–Trinajstić information content (AvgIpc) is 3.08. The highest BCUT2D eigenvalue weighted by Gasteiger charge is 2.31. The molecule has 1 aliphatic rings. The van der Waals surface area contributed by atoms with E-state index < -0.39 is 0 Å². The highest BCUT2D eigenvalue weighted by Crippen LogP contribution is 2.28. The first-order chi connectivity index (χ1) is 12.9. The van der Waals surface area contributed by atoms with Gasteiger partial charge in [0, 0.05) is 12.0 Å². The molecule has 1 saturated carbocycles. The van der Waals surface area contributed by atoms with Gasteiger partial charge in [-0.3, -0.25) is 9.59 Å². The fraction of sp³-hybridized carbons (Fsp3) is 0.364. The van der Waals surface area contributed by atoms with Crippen molar-refractivity contribution in [2.24, 2.45) is 5.92 Å². The molecule has 27 heavy (non-hydrogen) atoms. The smallest absolute Gasteiger partial charge is 0.227 e. The molecule has 0 saturated heterocycles. The van der Waals surface area contributed by atoms with E-state index in [4.69, 9.17) is 11.6 Å². The third kappa shape index (κ3) is 5.10. The summed E-state index contributed by atoms with van der Waals surface area (Å²) in [4.78, 5) is 24.9. The number of rotatable bonds is 5. The van der Waals surface area contributed by atoms with Crippen LogP contribution in [0.2, 0.25) is 5.02 Å². The Kier molecular flexibility index (Phi) is 6.17. The third-order valence-electron chi connectivity index (χ3n) is 5.16. The van der Waals surface area contributed by atoms with Gasteiger partial charge in [-0.15, -0.1) is 0 Å². The summed E-state index contributed by atoms with van der Waals surface area (Å²) in [5.41, 5.74) is 3.96. The number of carbonyl (C=O) groups excluding carboxylic acids is 2. The van der Waals surface area contributed by atoms with Crippen molar-refractivity contribution in [3.8, 4) is 0 Å². The molecule has 2 amide bonds. The lowest BCUT2D eigenvalue weighted by Crippen LogP contribution is -2.35. The lowest BCUT2D eigenvalue weighted by atomic mass is 10.0. The minimum Gasteiger partial charge on any atom is -0.353 e. The number of benzene rings is 2. The predicted octanol–water partition coefficient (Wildman–Crippen LogP) is 4.42. The molecule has 0 heterocycles. The molecule has 0 radical (unpaired) electrons. The van der Waals surface area contributed by atoms with Gasteiger partial charge in [-0.2, -0.15) is 0 Å². The zero-order valence-corrected chi connectivity index (χ0v) is 16.5. The number of halogens is 1. The minimum atomic E-state index is -0.104. The SMILES string of the molecule is Cc1ccc(C)c(CC(=O)N[C@@H]2CC[C@H](C(=O)Nc3ccccc3Cl)C2)c1. The molecule has 0 aromatic heterocycles. The Balaban J connectivity index is 1.52. The number of aryl methyl sites for hydroxylation is 2. The molecular weight excluding hydrogens is 360 g/mol. The molecule has 2 atom stereocenters. The van der Waals surface area contributed by atoms with Crippen LogP contribution >= 0.6 is 11.6 Å². The Morgan fingerprint density at radius 3 is 2.67 bits per heavy atom. The van der Waals surface area contributed by atoms with Gasteiger partial charge in [0.05, 0.1) is 17.1 Å². The fourth-order valence-corrected chi connectivity index (χ4v) is 3.77. The van der Waals surface area contributed by atoms with Crippen molar-refractivity contribution in [2.45, 2.75) is 45.6 Å². The molecule has 142 valence electrons. The van der Waals surface area contributed by atoms with Gasteiger partial charge in [0.1, 0.15) is 0 Å². The summed E-state index contributed by atoms with van der Waals surface area (Å²) in [6, 6.07) is 13.4. The zero-order chi connectivity index (χ0) is 19.4. The highest BCUT2D eigenvalue weighted by atomic mass is 35.5. The molecule has 1 fully saturated rings. The van der Waals surface area contributed by atoms with Crippen LogP contribution < -0.4 is 10.6 Å². The van der Waals surface area contributed by atoms with Crippen molar-refractivity contribution in [3.63, 3.8) is 0 Å². The van der Waals surface area contributed by atoms with Crippen LogP contribution in [0.1, 0.15) is 36.0 Å². The first kappa shape index (κ1) is 19.4. The van der Waals surface area contributed by atoms with Crippen LogP contribution in [0.4, 0.5) is 5.69 Å². The number of nitrogens with one attached hydrogen (secondary N) is 2. The Hall–Kier alpha value is -2.33. The van der Waals surface area contributed by atoms with Crippen LogP contribution in [0.5, 0.6) is 0 Å². The first-order valence-electron chi connectivity index (χ1n) is 9.33. The lowest BCUT2D eigenvalue weighted by molar-refractivity contribution is -0.122. The third-order valence-corrected chi connectivity index (χ3v) is 5.49. The number of para-hydroxylation sites is 1. The van der Waals surface area contributed by atoms with Gasteiger partial charge in [-0.25, -0.2) is 0 Å². The van der Waals surface area contributed by atoms with E-state index >= 15 is 0 Å². The van der Waals surface area contributed by atoms with E-state index in [1.54, 1.807) is 12.1 Å². The molecule has 0 unspecified atom stereocenters. The average molecular weight is 385 g/mol. The van der Waals surface area contributed by atoms with Gasteiger partial charge in [0.15, 0.2) is 0 Å². The van der Waals surface area contributed by atoms with Gasteiger partial charge in [-0.1, -0.05) is 47.5 Å². The number of anilines is 1. The molecule has 0 aliphatic heterocycles. The maximum atomic E-state index is 12.5. The molecule has 2 N–H and O–H groups in total. The molecule has 3 rings (SSSR count). The maximum Gasteiger partial charge on any atom is 0.227 e. The molecule has 0 bridgehead atoms. The van der Waals surface area contributed by atoms with E-state index in [0.717, 1.165) is 29.5 Å². The van der Waals surface area contributed by atoms with Gasteiger partial charge in [-0.05, 0) is 56.4 Å². The Morgan fingerprint density at radius 1 is 1.11 bits per heavy atom. The van der Waals surface area contributed by atoms with Crippen molar-refractivity contribution < 1.29 is 9.59 Å². The molecular formula is C22H25ClN2O2. The van der Waals surface area contributed by atoms with Crippen molar-refractivity contribution in [2.75, 3.05) is 5.32 Å². The summed E-state index contributed by atoms with van der Waals surface area (Å²) in [5, 5.41) is 6.51. The van der Waals surface area contributed by atoms with Gasteiger partial charge < -0.3 is 10.6 Å². The molecule has 2 aromatic carbocycles. The second-order valence-corrected chi connectivity index (χ2v) is 7.76. The monoisotopic (exact) mass is 384 g/mol. The molecule has 1 aliphatic carbocycles. The summed E-state index contributed by atoms with van der Waals surface area (Å²) in [6.07, 6.45) is 2.62. The second kappa shape index (κ2) is 8.57. The molecule has 4 nitrogen and oxygen atoms in total. The topological polar surface area (TPSA) is 58.2 Å². The standard InChI is InChI=1S/C22H25ClN2O2/c1-14-7-8-15(2)17(11-14)13-21(26)24-18-10-9-16(12-18)22(27)25-20-6-4-3-5-19(20)23/h3-8,11,16,18H,9-10,12-13H2,1-2H3,(H,24,26)(H,25,27)/t16-,18+/m0/s1. The van der Waals surface area contributed by atoms with Crippen molar-refractivity contribution in [1.29, 1.82) is 0 Å². The van der Waals surface area contributed by atoms with Crippen LogP contribution in [0, 0.1) is 19.8 Å². The van der Waals surface area contributed by atoms with Crippen LogP contribution in [0.25, 0.3) is 0 Å². The van der Waals surface area contributed by atoms with Crippen LogP contribution in [-0.4, -0.2) is 17.9 Å². The van der Waals surface area contributed by atoms with E-state index in [2.05, 4.69) is 22.8 Å². The number of amides is 2. The highest BCUT2D eigenvalue weighted by molar-refractivity contribution is 6.33. The number of hydrogen-bond acceptors (Lipinski definition) is 2. The summed E-state index contributed by atoms with van der Waals surface area (Å²) in [7, 11) is 0. The molecule has 0 spiro atoms. The zero-order valence-electron chi connectivity index (χ0n) is 15.7. The van der Waals surface area contributed by atoms with E-state index in [1.807, 2.05) is 32.0 Å². The summed E-state index contributed by atoms with van der Waals surface area (Å²) in [5.74, 6) is -0.123. The summed E-state index contributed by atoms with van der Waals surface area (Å²) < 4.78 is 0.